The molecule has 0 aromatic heterocycles. The van der Waals surface area contributed by atoms with Gasteiger partial charge in [0.25, 0.3) is 31.0 Å². The molecule has 2 heterocycles. The highest BCUT2D eigenvalue weighted by atomic mass is 35.7. The molecule has 2 aliphatic rings. The number of nitrogens with one attached hydrogen (secondary N) is 2. The number of sulfone groups is 4. The third-order valence-electron chi connectivity index (χ3n) is 12.7. The van der Waals surface area contributed by atoms with Gasteiger partial charge < -0.3 is 33.3 Å². The van der Waals surface area contributed by atoms with E-state index in [2.05, 4.69) is 28.1 Å². The van der Waals surface area contributed by atoms with Gasteiger partial charge in [-0.25, -0.2) is 81.9 Å². The van der Waals surface area contributed by atoms with Crippen LogP contribution in [0.2, 0.25) is 0 Å². The van der Waals surface area contributed by atoms with Gasteiger partial charge in [-0.2, -0.15) is 16.8 Å². The lowest BCUT2D eigenvalue weighted by atomic mass is 10.2. The zero-order chi connectivity index (χ0) is 79.2. The first-order valence-electron chi connectivity index (χ1n) is 28.6. The number of carbonyl (C=O) groups excluding carboxylic acids is 6. The number of fused-ring (bicyclic) bond motifs is 1. The molecule has 0 saturated carbocycles. The second-order valence-electron chi connectivity index (χ2n) is 20.0. The number of ether oxygens (including phenoxy) is 4. The van der Waals surface area contributed by atoms with Gasteiger partial charge in [0.15, 0.2) is 45.6 Å². The Bertz CT molecular complexity index is 4840. The summed E-state index contributed by atoms with van der Waals surface area (Å²) in [4.78, 5) is 82.5. The lowest BCUT2D eigenvalue weighted by Crippen LogP contribution is -2.33. The van der Waals surface area contributed by atoms with Crippen LogP contribution >= 0.6 is 10.7 Å². The minimum atomic E-state index is -3.92. The van der Waals surface area contributed by atoms with Gasteiger partial charge >= 0.3 is 40.0 Å². The van der Waals surface area contributed by atoms with E-state index in [1.807, 2.05) is 0 Å². The van der Waals surface area contributed by atoms with Crippen LogP contribution in [-0.2, 0) is 101 Å². The number of benzene rings is 7. The summed E-state index contributed by atoms with van der Waals surface area (Å²) in [6.07, 6.45) is 6.27. The van der Waals surface area contributed by atoms with Crippen molar-refractivity contribution in [2.24, 2.45) is 0 Å². The third kappa shape index (κ3) is 28.0. The molecule has 0 spiro atoms. The molecule has 41 heteroatoms. The average Bonchev–Trinajstić information content (AvgIpc) is 1.63. The molecular formula is C63H69ClN2O31S7. The Balaban J connectivity index is 0.000000413. The van der Waals surface area contributed by atoms with Gasteiger partial charge in [0.1, 0.15) is 9.79 Å². The molecule has 2 aliphatic heterocycles. The van der Waals surface area contributed by atoms with Gasteiger partial charge in [-0.15, -0.1) is 0 Å². The molecule has 9 rings (SSSR count). The van der Waals surface area contributed by atoms with Crippen LogP contribution in [0.3, 0.4) is 0 Å². The Labute approximate surface area is 603 Å². The molecule has 7 aromatic rings. The van der Waals surface area contributed by atoms with Crippen molar-refractivity contribution >= 4 is 121 Å². The summed E-state index contributed by atoms with van der Waals surface area (Å²) in [5.41, 5.74) is 3.51. The predicted molar refractivity (Wildman–Crippen MR) is 368 cm³/mol. The number of hydroxylamine groups is 2. The molecule has 7 aromatic carbocycles. The highest BCUT2D eigenvalue weighted by Gasteiger charge is 2.35. The largest absolute Gasteiger partial charge is 0.478 e. The predicted octanol–water partition coefficient (Wildman–Crippen LogP) is 5.52. The van der Waals surface area contributed by atoms with Crippen LogP contribution in [0.1, 0.15) is 91.8 Å². The van der Waals surface area contributed by atoms with Gasteiger partial charge in [-0.05, 0) is 97.8 Å². The highest BCUT2D eigenvalue weighted by Crippen LogP contribution is 2.27. The van der Waals surface area contributed by atoms with Crippen molar-refractivity contribution in [3.63, 3.8) is 0 Å². The van der Waals surface area contributed by atoms with E-state index < -0.39 is 117 Å². The van der Waals surface area contributed by atoms with Crippen molar-refractivity contribution in [1.82, 2.24) is 11.0 Å². The molecular weight excluding hydrogens is 1540 g/mol. The van der Waals surface area contributed by atoms with Crippen LogP contribution in [0, 0.1) is 0 Å². The van der Waals surface area contributed by atoms with Gasteiger partial charge in [0.2, 0.25) is 0 Å². The Morgan fingerprint density at radius 1 is 0.471 bits per heavy atom. The number of hydrogen-bond donors (Lipinski definition) is 5. The van der Waals surface area contributed by atoms with Gasteiger partial charge in [-0.3, -0.25) is 19.0 Å². The number of carboxylic acid groups (broad SMARTS) is 1. The number of amides is 2. The van der Waals surface area contributed by atoms with Crippen molar-refractivity contribution in [2.45, 2.75) is 59.8 Å². The number of rotatable bonds is 15. The molecule has 1 atom stereocenters. The van der Waals surface area contributed by atoms with E-state index >= 15 is 0 Å². The molecule has 104 heavy (non-hydrogen) atoms. The Morgan fingerprint density at radius 2 is 0.798 bits per heavy atom. The van der Waals surface area contributed by atoms with E-state index in [-0.39, 0.29) is 73.2 Å². The summed E-state index contributed by atoms with van der Waals surface area (Å²) in [5.74, 6) is -5.57. The van der Waals surface area contributed by atoms with Crippen molar-refractivity contribution in [2.75, 3.05) is 67.2 Å². The Kier molecular flexibility index (Phi) is 35.9. The maximum atomic E-state index is 12.0. The van der Waals surface area contributed by atoms with Crippen molar-refractivity contribution in [3.8, 4) is 0 Å². The number of aliphatic hydroxyl groups excluding tert-OH is 1. The molecule has 33 nitrogen and oxygen atoms in total. The van der Waals surface area contributed by atoms with Crippen molar-refractivity contribution in [3.05, 3.63) is 209 Å². The number of aliphatic hydroxyl groups is 1. The van der Waals surface area contributed by atoms with Crippen LogP contribution < -0.4 is 11.0 Å². The lowest BCUT2D eigenvalue weighted by molar-refractivity contribution is -0.186. The molecule has 0 bridgehead atoms. The Hall–Kier alpha value is -9.43. The fraction of sp³-hybridized carbons (Fsp3) is 0.222. The number of hydrogen-bond acceptors (Lipinski definition) is 30. The van der Waals surface area contributed by atoms with E-state index in [0.717, 1.165) is 52.1 Å². The van der Waals surface area contributed by atoms with Gasteiger partial charge in [-0.1, -0.05) is 84.9 Å². The van der Waals surface area contributed by atoms with E-state index in [4.69, 9.17) is 35.7 Å². The van der Waals surface area contributed by atoms with Crippen molar-refractivity contribution in [1.29, 1.82) is 0 Å². The first-order valence-corrected chi connectivity index (χ1v) is 41.3. The Morgan fingerprint density at radius 3 is 1.14 bits per heavy atom. The zero-order valence-corrected chi connectivity index (χ0v) is 62.6. The number of carboxylic acids is 1. The maximum absolute atomic E-state index is 12.0. The van der Waals surface area contributed by atoms with Gasteiger partial charge in [0, 0.05) is 55.8 Å². The summed E-state index contributed by atoms with van der Waals surface area (Å²) in [7, 11) is -14.7. The second kappa shape index (κ2) is 41.2. The van der Waals surface area contributed by atoms with E-state index in [0.29, 0.717) is 13.0 Å². The number of halogens is 1. The molecule has 566 valence electrons. The van der Waals surface area contributed by atoms with Crippen LogP contribution in [0.4, 0.5) is 0 Å². The van der Waals surface area contributed by atoms with E-state index in [1.165, 1.54) is 154 Å². The second-order valence-corrected chi connectivity index (χ2v) is 33.7. The highest BCUT2D eigenvalue weighted by molar-refractivity contribution is 8.13. The molecule has 2 amide bonds. The topological polar surface area (TPSA) is 508 Å². The normalized spacial score (nSPS) is 13.4. The fourth-order valence-electron chi connectivity index (χ4n) is 8.08. The molecule has 1 saturated heterocycles. The molecule has 0 aliphatic carbocycles. The smallest absolute Gasteiger partial charge is 0.355 e. The summed E-state index contributed by atoms with van der Waals surface area (Å²) in [6.45, 7) is 0.598. The summed E-state index contributed by atoms with van der Waals surface area (Å²) >= 11 is 0. The van der Waals surface area contributed by atoms with Crippen LogP contribution in [0.25, 0.3) is 0 Å². The summed E-state index contributed by atoms with van der Waals surface area (Å²) < 4.78 is 184. The maximum Gasteiger partial charge on any atom is 0.355 e. The fourth-order valence-corrected chi connectivity index (χ4v) is 14.6. The average molecular weight is 1610 g/mol. The summed E-state index contributed by atoms with van der Waals surface area (Å²) in [6, 6.07) is 40.2. The number of esters is 3. The van der Waals surface area contributed by atoms with Crippen LogP contribution in [-0.4, -0.2) is 189 Å². The van der Waals surface area contributed by atoms with E-state index in [1.54, 1.807) is 42.5 Å². The zero-order valence-electron chi connectivity index (χ0n) is 56.1. The number of methoxy groups -OCH3 is 3. The van der Waals surface area contributed by atoms with Crippen LogP contribution in [0.15, 0.2) is 204 Å². The number of carbonyl (C=O) groups is 7. The summed E-state index contributed by atoms with van der Waals surface area (Å²) in [5, 5.41) is 24.0. The lowest BCUT2D eigenvalue weighted by Gasteiger charge is -2.22. The first kappa shape index (κ1) is 90.7. The third-order valence-corrected chi connectivity index (χ3v) is 21.3. The minimum absolute atomic E-state index is 0.00755. The first-order chi connectivity index (χ1) is 48.4. The quantitative estimate of drug-likeness (QED) is 0.0211. The van der Waals surface area contributed by atoms with Crippen molar-refractivity contribution < 1.29 is 140 Å². The van der Waals surface area contributed by atoms with Crippen LogP contribution in [0.5, 0.6) is 0 Å². The van der Waals surface area contributed by atoms with E-state index in [9.17, 15) is 92.5 Å². The molecule has 0 radical (unpaired) electrons. The minimum Gasteiger partial charge on any atom is -0.478 e. The molecule has 5 N–H and O–H groups in total. The SMILES string of the molecule is CO.COC(=O)c1ccccc1S(=O)(=O)Cl.COC(=O)c1ccccc1S(=O)(=O)OC.COC(=O)c1ccccc1S(C)(=O)=O.CS(=O)(=O)c1ccccc1C(=O)NO.CS(=O)(=O)c1ccccc1C(=O)NOC1CCCCO1.CS(=O)(=O)c1ccccc1C(=O)O.O=C1OS(=O)(=O)c2ccccc21. The standard InChI is InChI=1S/C13H17NO5S.C9H10O5S.C9H10O4S.C8H7ClO4S.C8H9NO4S.C8H8O4S.C7H4O4S.CH4O/c1-20(16,17)11-7-3-2-6-10(11)13(15)14-19-12-8-4-5-9-18-12;1-13-9(10)7-5-3-4-6-8(7)15(11,12)14-2;1-13-9(10)7-5-3-4-6-8(7)14(2,11)12;1-13-8(10)6-4-2-3-5-7(6)14(9,11)12;1-14(12,13)7-5-3-2-4-6(7)8(10)9-11;1-13(11,12)7-5-3-2-4-6(7)8(9)10;8-7-5-3-1-2-4-6(5)12(9,10)11-7;1-2/h2-3,6-7,12H,4-5,8-9H2,1H3,(H,14,15);3-6H,1-2H3;3-6H,1-2H3;2-5H,1H3;2-5,11H,1H3,(H,9,10);2-5H,1H3,(H,9,10);1-4H;2H,1H3. The monoisotopic (exact) mass is 1610 g/mol. The molecule has 1 unspecified atom stereocenters. The number of aromatic carboxylic acids is 1. The molecule has 1 fully saturated rings. The van der Waals surface area contributed by atoms with Gasteiger partial charge in [0.05, 0.1) is 91.9 Å².